The highest BCUT2D eigenvalue weighted by atomic mass is 19.3. The molecule has 0 bridgehead atoms. The number of aromatic nitrogens is 2. The Labute approximate surface area is 84.5 Å². The molecular formula is C9H10F2N2O2. The molecule has 0 aromatic carbocycles. The SMILES string of the molecule is O=C(O)c1cc(C(F)F)nn1CC1CC1. The van der Waals surface area contributed by atoms with E-state index in [1.165, 1.54) is 4.68 Å². The van der Waals surface area contributed by atoms with Crippen LogP contribution >= 0.6 is 0 Å². The number of carbonyl (C=O) groups is 1. The molecule has 1 aliphatic carbocycles. The van der Waals surface area contributed by atoms with Crippen molar-refractivity contribution in [2.45, 2.75) is 25.8 Å². The van der Waals surface area contributed by atoms with Crippen LogP contribution in [0.25, 0.3) is 0 Å². The second-order valence-electron chi connectivity index (χ2n) is 3.69. The summed E-state index contributed by atoms with van der Waals surface area (Å²) < 4.78 is 25.8. The van der Waals surface area contributed by atoms with Crippen LogP contribution in [0.4, 0.5) is 8.78 Å². The van der Waals surface area contributed by atoms with Crippen molar-refractivity contribution < 1.29 is 18.7 Å². The number of carboxylic acid groups (broad SMARTS) is 1. The molecule has 1 saturated carbocycles. The van der Waals surface area contributed by atoms with Crippen LogP contribution in [0.15, 0.2) is 6.07 Å². The van der Waals surface area contributed by atoms with Gasteiger partial charge in [-0.15, -0.1) is 0 Å². The van der Waals surface area contributed by atoms with Gasteiger partial charge in [0.05, 0.1) is 0 Å². The number of nitrogens with zero attached hydrogens (tertiary/aromatic N) is 2. The predicted molar refractivity (Wildman–Crippen MR) is 46.9 cm³/mol. The fourth-order valence-corrected chi connectivity index (χ4v) is 1.40. The van der Waals surface area contributed by atoms with E-state index >= 15 is 0 Å². The zero-order valence-electron chi connectivity index (χ0n) is 7.86. The molecule has 1 fully saturated rings. The molecule has 0 atom stereocenters. The summed E-state index contributed by atoms with van der Waals surface area (Å²) in [4.78, 5) is 10.8. The van der Waals surface area contributed by atoms with Crippen molar-refractivity contribution in [1.29, 1.82) is 0 Å². The minimum Gasteiger partial charge on any atom is -0.477 e. The largest absolute Gasteiger partial charge is 0.477 e. The summed E-state index contributed by atoms with van der Waals surface area (Å²) in [6.07, 6.45) is -0.685. The lowest BCUT2D eigenvalue weighted by Gasteiger charge is -2.01. The zero-order valence-corrected chi connectivity index (χ0v) is 7.86. The van der Waals surface area contributed by atoms with E-state index in [1.807, 2.05) is 0 Å². The number of rotatable bonds is 4. The molecule has 1 aliphatic rings. The minimum absolute atomic E-state index is 0.155. The standard InChI is InChI=1S/C9H10F2N2O2/c10-8(11)6-3-7(9(14)15)13(12-6)4-5-1-2-5/h3,5,8H,1-2,4H2,(H,14,15). The van der Waals surface area contributed by atoms with Crippen LogP contribution in [0, 0.1) is 5.92 Å². The maximum Gasteiger partial charge on any atom is 0.354 e. The van der Waals surface area contributed by atoms with Crippen molar-refractivity contribution in [3.8, 4) is 0 Å². The van der Waals surface area contributed by atoms with Crippen LogP contribution in [0.1, 0.15) is 35.4 Å². The topological polar surface area (TPSA) is 55.1 Å². The Hall–Kier alpha value is -1.46. The summed E-state index contributed by atoms with van der Waals surface area (Å²) in [6.45, 7) is 0.425. The van der Waals surface area contributed by atoms with E-state index in [2.05, 4.69) is 5.10 Å². The van der Waals surface area contributed by atoms with E-state index in [-0.39, 0.29) is 5.69 Å². The number of halogens is 2. The van der Waals surface area contributed by atoms with Crippen LogP contribution in [0.3, 0.4) is 0 Å². The van der Waals surface area contributed by atoms with E-state index in [9.17, 15) is 13.6 Å². The number of carboxylic acids is 1. The molecule has 0 unspecified atom stereocenters. The Morgan fingerprint density at radius 2 is 2.33 bits per heavy atom. The Bertz CT molecular complexity index is 385. The quantitative estimate of drug-likeness (QED) is 0.836. The lowest BCUT2D eigenvalue weighted by molar-refractivity contribution is 0.0682. The molecule has 0 spiro atoms. The van der Waals surface area contributed by atoms with Crippen LogP contribution in [0.2, 0.25) is 0 Å². The summed E-state index contributed by atoms with van der Waals surface area (Å²) in [6, 6.07) is 0.940. The van der Waals surface area contributed by atoms with Crippen LogP contribution in [-0.2, 0) is 6.54 Å². The molecule has 82 valence electrons. The second-order valence-corrected chi connectivity index (χ2v) is 3.69. The third-order valence-corrected chi connectivity index (χ3v) is 2.37. The number of alkyl halides is 2. The average Bonchev–Trinajstić information content (AvgIpc) is 2.82. The molecule has 1 aromatic rings. The van der Waals surface area contributed by atoms with Crippen molar-refractivity contribution in [1.82, 2.24) is 9.78 Å². The Kier molecular flexibility index (Phi) is 2.42. The first-order valence-electron chi connectivity index (χ1n) is 4.67. The molecule has 0 amide bonds. The van der Waals surface area contributed by atoms with Crippen molar-refractivity contribution in [2.75, 3.05) is 0 Å². The summed E-state index contributed by atoms with van der Waals surface area (Å²) in [5, 5.41) is 12.4. The van der Waals surface area contributed by atoms with Gasteiger partial charge in [-0.1, -0.05) is 0 Å². The zero-order chi connectivity index (χ0) is 11.0. The molecule has 15 heavy (non-hydrogen) atoms. The van der Waals surface area contributed by atoms with Crippen LogP contribution in [-0.4, -0.2) is 20.9 Å². The first kappa shape index (κ1) is 10.1. The predicted octanol–water partition coefficient (Wildman–Crippen LogP) is 1.93. The van der Waals surface area contributed by atoms with Crippen molar-refractivity contribution in [3.63, 3.8) is 0 Å². The Morgan fingerprint density at radius 1 is 1.67 bits per heavy atom. The third-order valence-electron chi connectivity index (χ3n) is 2.37. The smallest absolute Gasteiger partial charge is 0.354 e. The summed E-state index contributed by atoms with van der Waals surface area (Å²) in [5.41, 5.74) is -0.620. The van der Waals surface area contributed by atoms with Gasteiger partial charge in [-0.3, -0.25) is 4.68 Å². The van der Waals surface area contributed by atoms with Gasteiger partial charge in [-0.05, 0) is 24.8 Å². The van der Waals surface area contributed by atoms with Crippen molar-refractivity contribution in [3.05, 3.63) is 17.5 Å². The van der Waals surface area contributed by atoms with Crippen LogP contribution in [0.5, 0.6) is 0 Å². The number of hydrogen-bond donors (Lipinski definition) is 1. The average molecular weight is 216 g/mol. The molecule has 6 heteroatoms. The van der Waals surface area contributed by atoms with Crippen molar-refractivity contribution in [2.24, 2.45) is 5.92 Å². The summed E-state index contributed by atoms with van der Waals surface area (Å²) >= 11 is 0. The molecule has 1 heterocycles. The lowest BCUT2D eigenvalue weighted by atomic mass is 10.3. The van der Waals surface area contributed by atoms with E-state index in [1.54, 1.807) is 0 Å². The lowest BCUT2D eigenvalue weighted by Crippen LogP contribution is -2.11. The molecule has 4 nitrogen and oxygen atoms in total. The van der Waals surface area contributed by atoms with Gasteiger partial charge in [0.25, 0.3) is 6.43 Å². The van der Waals surface area contributed by atoms with Gasteiger partial charge >= 0.3 is 5.97 Å². The third kappa shape index (κ3) is 2.14. The molecule has 2 rings (SSSR count). The maximum atomic E-state index is 12.3. The molecular weight excluding hydrogens is 206 g/mol. The maximum absolute atomic E-state index is 12.3. The van der Waals surface area contributed by atoms with Gasteiger partial charge in [0.2, 0.25) is 0 Å². The van der Waals surface area contributed by atoms with Crippen molar-refractivity contribution >= 4 is 5.97 Å². The van der Waals surface area contributed by atoms with Gasteiger partial charge < -0.3 is 5.11 Å². The Balaban J connectivity index is 2.27. The first-order valence-corrected chi connectivity index (χ1v) is 4.67. The van der Waals surface area contributed by atoms with Gasteiger partial charge in [0.1, 0.15) is 11.4 Å². The van der Waals surface area contributed by atoms with E-state index in [4.69, 9.17) is 5.11 Å². The molecule has 1 aromatic heterocycles. The fraction of sp³-hybridized carbons (Fsp3) is 0.556. The molecule has 0 radical (unpaired) electrons. The fourth-order valence-electron chi connectivity index (χ4n) is 1.40. The van der Waals surface area contributed by atoms with Gasteiger partial charge in [-0.2, -0.15) is 5.10 Å². The van der Waals surface area contributed by atoms with E-state index < -0.39 is 18.1 Å². The highest BCUT2D eigenvalue weighted by molar-refractivity contribution is 5.85. The molecule has 0 saturated heterocycles. The molecule has 0 aliphatic heterocycles. The van der Waals surface area contributed by atoms with Gasteiger partial charge in [0.15, 0.2) is 0 Å². The highest BCUT2D eigenvalue weighted by Gasteiger charge is 2.26. The highest BCUT2D eigenvalue weighted by Crippen LogP contribution is 2.31. The van der Waals surface area contributed by atoms with E-state index in [0.717, 1.165) is 18.9 Å². The minimum atomic E-state index is -2.72. The summed E-state index contributed by atoms with van der Waals surface area (Å²) in [5.74, 6) is -0.816. The van der Waals surface area contributed by atoms with Gasteiger partial charge in [0, 0.05) is 6.54 Å². The Morgan fingerprint density at radius 3 is 2.80 bits per heavy atom. The second kappa shape index (κ2) is 3.60. The van der Waals surface area contributed by atoms with E-state index in [0.29, 0.717) is 12.5 Å². The van der Waals surface area contributed by atoms with Gasteiger partial charge in [-0.25, -0.2) is 13.6 Å². The first-order chi connectivity index (χ1) is 7.08. The number of aromatic carboxylic acids is 1. The number of hydrogen-bond acceptors (Lipinski definition) is 2. The monoisotopic (exact) mass is 216 g/mol. The molecule has 1 N–H and O–H groups in total. The van der Waals surface area contributed by atoms with Crippen LogP contribution < -0.4 is 0 Å². The normalized spacial score (nSPS) is 15.9. The summed E-state index contributed by atoms with van der Waals surface area (Å²) in [7, 11) is 0.